The summed E-state index contributed by atoms with van der Waals surface area (Å²) in [7, 11) is 0. The maximum Gasteiger partial charge on any atom is 0.306 e. The molecule has 0 heterocycles. The minimum Gasteiger partial charge on any atom is -0.481 e. The SMILES string of the molecule is CC(=O)O.CCCC(C)C(=O)O. The largest absolute Gasteiger partial charge is 0.481 e. The Morgan fingerprint density at radius 3 is 1.75 bits per heavy atom. The monoisotopic (exact) mass is 176 g/mol. The van der Waals surface area contributed by atoms with Crippen molar-refractivity contribution in [1.82, 2.24) is 0 Å². The van der Waals surface area contributed by atoms with Crippen LogP contribution in [-0.2, 0) is 9.59 Å². The van der Waals surface area contributed by atoms with Crippen LogP contribution in [0.3, 0.4) is 0 Å². The lowest BCUT2D eigenvalue weighted by Gasteiger charge is -2.00. The Morgan fingerprint density at radius 2 is 1.67 bits per heavy atom. The normalized spacial score (nSPS) is 10.9. The number of carbonyl (C=O) groups is 2. The summed E-state index contributed by atoms with van der Waals surface area (Å²) in [4.78, 5) is 19.1. The van der Waals surface area contributed by atoms with Crippen molar-refractivity contribution in [2.45, 2.75) is 33.6 Å². The van der Waals surface area contributed by atoms with Gasteiger partial charge in [-0.1, -0.05) is 20.3 Å². The third-order valence-corrected chi connectivity index (χ3v) is 1.14. The van der Waals surface area contributed by atoms with E-state index in [9.17, 15) is 4.79 Å². The highest BCUT2D eigenvalue weighted by Crippen LogP contribution is 2.03. The molecule has 0 saturated carbocycles. The molecule has 0 aromatic heterocycles. The molecular formula is C8H16O4. The molecule has 0 aromatic rings. The van der Waals surface area contributed by atoms with Gasteiger partial charge in [-0.3, -0.25) is 9.59 Å². The number of hydrogen-bond donors (Lipinski definition) is 2. The van der Waals surface area contributed by atoms with E-state index in [2.05, 4.69) is 0 Å². The van der Waals surface area contributed by atoms with Gasteiger partial charge in [-0.2, -0.15) is 0 Å². The molecule has 72 valence electrons. The fourth-order valence-electron chi connectivity index (χ4n) is 0.556. The van der Waals surface area contributed by atoms with Crippen LogP contribution in [0.15, 0.2) is 0 Å². The predicted molar refractivity (Wildman–Crippen MR) is 45.0 cm³/mol. The molecule has 0 rings (SSSR count). The summed E-state index contributed by atoms with van der Waals surface area (Å²) in [5, 5.41) is 15.7. The minimum absolute atomic E-state index is 0.167. The van der Waals surface area contributed by atoms with Gasteiger partial charge in [-0.15, -0.1) is 0 Å². The molecule has 2 N–H and O–H groups in total. The van der Waals surface area contributed by atoms with Crippen molar-refractivity contribution in [3.63, 3.8) is 0 Å². The summed E-state index contributed by atoms with van der Waals surface area (Å²) < 4.78 is 0. The summed E-state index contributed by atoms with van der Waals surface area (Å²) in [5.41, 5.74) is 0. The number of aliphatic carboxylic acids is 2. The molecule has 0 spiro atoms. The summed E-state index contributed by atoms with van der Waals surface area (Å²) in [6.07, 6.45) is 1.74. The van der Waals surface area contributed by atoms with E-state index >= 15 is 0 Å². The zero-order valence-electron chi connectivity index (χ0n) is 7.70. The van der Waals surface area contributed by atoms with Gasteiger partial charge in [0, 0.05) is 6.92 Å². The first kappa shape index (κ1) is 13.5. The zero-order valence-corrected chi connectivity index (χ0v) is 7.70. The highest BCUT2D eigenvalue weighted by atomic mass is 16.4. The fraction of sp³-hybridized carbons (Fsp3) is 0.750. The quantitative estimate of drug-likeness (QED) is 0.684. The average molecular weight is 176 g/mol. The van der Waals surface area contributed by atoms with Crippen molar-refractivity contribution in [3.05, 3.63) is 0 Å². The Kier molecular flexibility index (Phi) is 9.06. The van der Waals surface area contributed by atoms with Gasteiger partial charge in [-0.25, -0.2) is 0 Å². The van der Waals surface area contributed by atoms with Crippen molar-refractivity contribution in [3.8, 4) is 0 Å². The van der Waals surface area contributed by atoms with Gasteiger partial charge < -0.3 is 10.2 Å². The molecule has 1 unspecified atom stereocenters. The molecule has 0 fully saturated rings. The molecule has 0 aliphatic rings. The van der Waals surface area contributed by atoms with Crippen molar-refractivity contribution in [1.29, 1.82) is 0 Å². The molecule has 0 saturated heterocycles. The Morgan fingerprint density at radius 1 is 1.33 bits per heavy atom. The number of rotatable bonds is 3. The van der Waals surface area contributed by atoms with Crippen LogP contribution in [-0.4, -0.2) is 22.2 Å². The van der Waals surface area contributed by atoms with Crippen LogP contribution in [0.2, 0.25) is 0 Å². The van der Waals surface area contributed by atoms with Crippen LogP contribution in [0.5, 0.6) is 0 Å². The molecule has 0 bridgehead atoms. The molecule has 0 radical (unpaired) electrons. The highest BCUT2D eigenvalue weighted by molar-refractivity contribution is 5.69. The van der Waals surface area contributed by atoms with Gasteiger partial charge in [0.1, 0.15) is 0 Å². The third-order valence-electron chi connectivity index (χ3n) is 1.14. The first-order valence-electron chi connectivity index (χ1n) is 3.84. The van der Waals surface area contributed by atoms with E-state index in [1.165, 1.54) is 0 Å². The molecule has 0 aliphatic heterocycles. The first-order valence-corrected chi connectivity index (χ1v) is 3.84. The van der Waals surface area contributed by atoms with Crippen LogP contribution in [0.25, 0.3) is 0 Å². The Balaban J connectivity index is 0. The molecule has 12 heavy (non-hydrogen) atoms. The van der Waals surface area contributed by atoms with Crippen molar-refractivity contribution in [2.24, 2.45) is 5.92 Å². The standard InChI is InChI=1S/C6H12O2.C2H4O2/c1-3-4-5(2)6(7)8;1-2(3)4/h5H,3-4H2,1-2H3,(H,7,8);1H3,(H,3,4). The van der Waals surface area contributed by atoms with Crippen LogP contribution < -0.4 is 0 Å². The van der Waals surface area contributed by atoms with Gasteiger partial charge in [0.15, 0.2) is 0 Å². The average Bonchev–Trinajstić information content (AvgIpc) is 1.86. The van der Waals surface area contributed by atoms with Gasteiger partial charge >= 0.3 is 5.97 Å². The van der Waals surface area contributed by atoms with Gasteiger partial charge in [-0.05, 0) is 6.42 Å². The van der Waals surface area contributed by atoms with E-state index in [0.717, 1.165) is 19.8 Å². The van der Waals surface area contributed by atoms with E-state index in [0.29, 0.717) is 0 Å². The molecular weight excluding hydrogens is 160 g/mol. The van der Waals surface area contributed by atoms with Gasteiger partial charge in [0.05, 0.1) is 5.92 Å². The molecule has 0 amide bonds. The predicted octanol–water partition coefficient (Wildman–Crippen LogP) is 1.60. The Bertz CT molecular complexity index is 138. The Labute approximate surface area is 72.2 Å². The highest BCUT2D eigenvalue weighted by Gasteiger charge is 2.07. The smallest absolute Gasteiger partial charge is 0.306 e. The number of hydrogen-bond acceptors (Lipinski definition) is 2. The minimum atomic E-state index is -0.833. The van der Waals surface area contributed by atoms with Gasteiger partial charge in [0.2, 0.25) is 0 Å². The number of carboxylic acid groups (broad SMARTS) is 2. The topological polar surface area (TPSA) is 74.6 Å². The van der Waals surface area contributed by atoms with Crippen molar-refractivity contribution >= 4 is 11.9 Å². The van der Waals surface area contributed by atoms with Crippen LogP contribution >= 0.6 is 0 Å². The van der Waals surface area contributed by atoms with Crippen LogP contribution in [0, 0.1) is 5.92 Å². The van der Waals surface area contributed by atoms with E-state index < -0.39 is 11.9 Å². The summed E-state index contributed by atoms with van der Waals surface area (Å²) in [5.74, 6) is -1.69. The second-order valence-corrected chi connectivity index (χ2v) is 2.55. The maximum absolute atomic E-state index is 10.1. The molecule has 4 heteroatoms. The first-order chi connectivity index (χ1) is 5.41. The van der Waals surface area contributed by atoms with E-state index in [1.54, 1.807) is 6.92 Å². The lowest BCUT2D eigenvalue weighted by Crippen LogP contribution is -2.08. The lowest BCUT2D eigenvalue weighted by atomic mass is 10.1. The Hall–Kier alpha value is -1.06. The van der Waals surface area contributed by atoms with Crippen LogP contribution in [0.1, 0.15) is 33.6 Å². The zero-order chi connectivity index (χ0) is 10.1. The summed E-state index contributed by atoms with van der Waals surface area (Å²) in [6.45, 7) is 4.80. The van der Waals surface area contributed by atoms with E-state index in [1.807, 2.05) is 6.92 Å². The van der Waals surface area contributed by atoms with Crippen LogP contribution in [0.4, 0.5) is 0 Å². The number of carboxylic acids is 2. The third kappa shape index (κ3) is 16.0. The molecule has 1 atom stereocenters. The van der Waals surface area contributed by atoms with E-state index in [4.69, 9.17) is 15.0 Å². The summed E-state index contributed by atoms with van der Waals surface area (Å²) >= 11 is 0. The second-order valence-electron chi connectivity index (χ2n) is 2.55. The molecule has 4 nitrogen and oxygen atoms in total. The molecule has 0 aliphatic carbocycles. The second kappa shape index (κ2) is 8.04. The van der Waals surface area contributed by atoms with Gasteiger partial charge in [0.25, 0.3) is 5.97 Å². The van der Waals surface area contributed by atoms with Crippen molar-refractivity contribution in [2.75, 3.05) is 0 Å². The van der Waals surface area contributed by atoms with Crippen molar-refractivity contribution < 1.29 is 19.8 Å². The lowest BCUT2D eigenvalue weighted by molar-refractivity contribution is -0.141. The van der Waals surface area contributed by atoms with E-state index in [-0.39, 0.29) is 5.92 Å². The maximum atomic E-state index is 10.1. The molecule has 0 aromatic carbocycles. The summed E-state index contributed by atoms with van der Waals surface area (Å²) in [6, 6.07) is 0. The fourth-order valence-corrected chi connectivity index (χ4v) is 0.556.